The molecule has 3 aromatic heterocycles. The van der Waals surface area contributed by atoms with E-state index in [0.717, 1.165) is 17.4 Å². The zero-order valence-electron chi connectivity index (χ0n) is 24.0. The Balaban J connectivity index is 1.77. The molecule has 0 saturated carbocycles. The van der Waals surface area contributed by atoms with E-state index in [4.69, 9.17) is 9.47 Å². The number of methoxy groups -OCH3 is 1. The maximum Gasteiger partial charge on any atom is 0.333 e. The van der Waals surface area contributed by atoms with Crippen molar-refractivity contribution in [3.05, 3.63) is 74.4 Å². The Hall–Kier alpha value is -3.81. The topological polar surface area (TPSA) is 121 Å². The average Bonchev–Trinajstić information content (AvgIpc) is 3.74. The second-order valence-corrected chi connectivity index (χ2v) is 11.7. The van der Waals surface area contributed by atoms with Gasteiger partial charge in [0, 0.05) is 36.6 Å². The number of likely N-dealkylation sites (tertiary alicyclic amines) is 1. The summed E-state index contributed by atoms with van der Waals surface area (Å²) < 4.78 is 29.9. The molecule has 1 amide bonds. The fourth-order valence-electron chi connectivity index (χ4n) is 5.56. The van der Waals surface area contributed by atoms with Crippen molar-refractivity contribution >= 4 is 27.5 Å². The van der Waals surface area contributed by atoms with Gasteiger partial charge in [-0.05, 0) is 57.9 Å². The number of aromatic nitrogens is 4. The Morgan fingerprint density at radius 2 is 1.98 bits per heavy atom. The molecule has 0 radical (unpaired) electrons. The molecule has 13 heteroatoms. The number of carbonyl (C=O) groups excluding carboxylic acids is 1. The van der Waals surface area contributed by atoms with Crippen LogP contribution in [0, 0.1) is 12.7 Å². The SMILES string of the molecule is COc1ccc(F)cc1[C@H](Cn1c(=O)n(C(C)(C)C(=O)N2CCCC2)c(=O)c2c(C)c(-n3cccn3)sc21)OCCO. The van der Waals surface area contributed by atoms with E-state index >= 15 is 0 Å². The van der Waals surface area contributed by atoms with Gasteiger partial charge in [0.05, 0.1) is 32.3 Å². The lowest BCUT2D eigenvalue weighted by Crippen LogP contribution is -2.56. The number of hydrogen-bond acceptors (Lipinski definition) is 8. The Morgan fingerprint density at radius 3 is 2.62 bits per heavy atom. The van der Waals surface area contributed by atoms with Crippen LogP contribution in [0.1, 0.15) is 43.9 Å². The Labute approximate surface area is 245 Å². The lowest BCUT2D eigenvalue weighted by atomic mass is 10.0. The molecular formula is C29H34FN5O6S. The molecule has 0 spiro atoms. The van der Waals surface area contributed by atoms with Gasteiger partial charge in [0.2, 0.25) is 5.91 Å². The van der Waals surface area contributed by atoms with Crippen molar-refractivity contribution in [3.8, 4) is 10.8 Å². The number of benzene rings is 1. The van der Waals surface area contributed by atoms with Gasteiger partial charge in [0.15, 0.2) is 0 Å². The van der Waals surface area contributed by atoms with Crippen LogP contribution in [0.15, 0.2) is 46.2 Å². The van der Waals surface area contributed by atoms with Crippen LogP contribution in [0.2, 0.25) is 0 Å². The Kier molecular flexibility index (Phi) is 8.35. The van der Waals surface area contributed by atoms with Crippen LogP contribution in [-0.4, -0.2) is 68.2 Å². The van der Waals surface area contributed by atoms with E-state index in [1.54, 1.807) is 48.8 Å². The van der Waals surface area contributed by atoms with Crippen LogP contribution in [-0.2, 0) is 21.6 Å². The molecule has 0 unspecified atom stereocenters. The minimum atomic E-state index is -1.49. The standard InChI is InChI=1S/C29H34FN5O6S/c1-18-23-24(37)35(29(2,3)27(38)32-11-5-6-12-32)28(39)33(26(23)42-25(18)34-13-7-10-31-34)17-22(41-15-14-36)20-16-19(30)8-9-21(20)40-4/h7-10,13,16,22,36H,5-6,11-12,14-15,17H2,1-4H3/t22-/m0/s1. The molecule has 1 aliphatic rings. The van der Waals surface area contributed by atoms with E-state index in [0.29, 0.717) is 39.8 Å². The number of ether oxygens (including phenoxy) is 2. The first-order valence-electron chi connectivity index (χ1n) is 13.7. The summed E-state index contributed by atoms with van der Waals surface area (Å²) in [6.45, 7) is 5.51. The van der Waals surface area contributed by atoms with Crippen LogP contribution in [0.25, 0.3) is 15.2 Å². The van der Waals surface area contributed by atoms with Crippen molar-refractivity contribution in [2.24, 2.45) is 0 Å². The zero-order chi connectivity index (χ0) is 30.2. The molecular weight excluding hydrogens is 565 g/mol. The molecule has 11 nitrogen and oxygen atoms in total. The van der Waals surface area contributed by atoms with Crippen molar-refractivity contribution in [2.75, 3.05) is 33.4 Å². The number of hydrogen-bond donors (Lipinski definition) is 1. The van der Waals surface area contributed by atoms with E-state index in [1.807, 2.05) is 0 Å². The minimum Gasteiger partial charge on any atom is -0.496 e. The van der Waals surface area contributed by atoms with Gasteiger partial charge in [-0.15, -0.1) is 0 Å². The van der Waals surface area contributed by atoms with E-state index in [1.165, 1.54) is 41.2 Å². The molecule has 4 aromatic rings. The summed E-state index contributed by atoms with van der Waals surface area (Å²) in [5.74, 6) is -0.512. The third kappa shape index (κ3) is 5.16. The van der Waals surface area contributed by atoms with Gasteiger partial charge in [-0.1, -0.05) is 11.3 Å². The second kappa shape index (κ2) is 11.8. The van der Waals surface area contributed by atoms with Gasteiger partial charge in [-0.3, -0.25) is 14.2 Å². The number of fused-ring (bicyclic) bond motifs is 1. The molecule has 1 aliphatic heterocycles. The summed E-state index contributed by atoms with van der Waals surface area (Å²) in [6.07, 6.45) is 4.13. The third-order valence-corrected chi connectivity index (χ3v) is 8.98. The van der Waals surface area contributed by atoms with E-state index in [9.17, 15) is 23.9 Å². The number of amides is 1. The summed E-state index contributed by atoms with van der Waals surface area (Å²) in [7, 11) is 1.44. The van der Waals surface area contributed by atoms with Crippen LogP contribution in [0.4, 0.5) is 4.39 Å². The fraction of sp³-hybridized carbons (Fsp3) is 0.448. The highest BCUT2D eigenvalue weighted by Gasteiger charge is 2.39. The summed E-state index contributed by atoms with van der Waals surface area (Å²) in [4.78, 5) is 44.3. The number of nitrogens with zero attached hydrogens (tertiary/aromatic N) is 5. The number of rotatable bonds is 10. The summed E-state index contributed by atoms with van der Waals surface area (Å²) in [5, 5.41) is 14.8. The van der Waals surface area contributed by atoms with E-state index in [2.05, 4.69) is 5.10 Å². The number of carbonyl (C=O) groups is 1. The van der Waals surface area contributed by atoms with Crippen molar-refractivity contribution in [2.45, 2.75) is 51.8 Å². The van der Waals surface area contributed by atoms with Gasteiger partial charge in [-0.2, -0.15) is 5.10 Å². The number of aliphatic hydroxyl groups excluding tert-OH is 1. The van der Waals surface area contributed by atoms with Gasteiger partial charge in [0.25, 0.3) is 5.56 Å². The van der Waals surface area contributed by atoms with E-state index < -0.39 is 28.7 Å². The summed E-state index contributed by atoms with van der Waals surface area (Å²) in [6, 6.07) is 5.72. The normalized spacial score (nSPS) is 14.6. The Bertz CT molecular complexity index is 1720. The number of halogens is 1. The molecule has 42 heavy (non-hydrogen) atoms. The van der Waals surface area contributed by atoms with Crippen LogP contribution >= 0.6 is 11.3 Å². The highest BCUT2D eigenvalue weighted by molar-refractivity contribution is 7.21. The monoisotopic (exact) mass is 599 g/mol. The van der Waals surface area contributed by atoms with Crippen LogP contribution in [0.3, 0.4) is 0 Å². The molecule has 224 valence electrons. The smallest absolute Gasteiger partial charge is 0.333 e. The quantitative estimate of drug-likeness (QED) is 0.298. The molecule has 1 N–H and O–H groups in total. The maximum atomic E-state index is 14.4. The zero-order valence-corrected chi connectivity index (χ0v) is 24.8. The van der Waals surface area contributed by atoms with Gasteiger partial charge < -0.3 is 19.5 Å². The number of thiophene rings is 1. The first-order valence-corrected chi connectivity index (χ1v) is 14.6. The van der Waals surface area contributed by atoms with Crippen LogP contribution in [0.5, 0.6) is 5.75 Å². The third-order valence-electron chi connectivity index (χ3n) is 7.67. The molecule has 1 fully saturated rings. The largest absolute Gasteiger partial charge is 0.496 e. The van der Waals surface area contributed by atoms with Gasteiger partial charge in [-0.25, -0.2) is 18.4 Å². The molecule has 4 heterocycles. The minimum absolute atomic E-state index is 0.0944. The first-order chi connectivity index (χ1) is 20.1. The first kappa shape index (κ1) is 29.7. The highest BCUT2D eigenvalue weighted by Crippen LogP contribution is 2.34. The number of aliphatic hydroxyl groups is 1. The molecule has 5 rings (SSSR count). The molecule has 1 aromatic carbocycles. The highest BCUT2D eigenvalue weighted by atomic mass is 32.1. The average molecular weight is 600 g/mol. The molecule has 0 aliphatic carbocycles. The van der Waals surface area contributed by atoms with Gasteiger partial charge >= 0.3 is 5.69 Å². The second-order valence-electron chi connectivity index (χ2n) is 10.7. The van der Waals surface area contributed by atoms with Crippen molar-refractivity contribution < 1.29 is 23.8 Å². The predicted molar refractivity (Wildman–Crippen MR) is 156 cm³/mol. The summed E-state index contributed by atoms with van der Waals surface area (Å²) >= 11 is 1.21. The fourth-order valence-corrected chi connectivity index (χ4v) is 6.80. The van der Waals surface area contributed by atoms with Gasteiger partial charge in [0.1, 0.15) is 33.0 Å². The number of aryl methyl sites for hydroxylation is 1. The molecule has 0 bridgehead atoms. The van der Waals surface area contributed by atoms with Crippen molar-refractivity contribution in [1.82, 2.24) is 23.8 Å². The van der Waals surface area contributed by atoms with Crippen molar-refractivity contribution in [3.63, 3.8) is 0 Å². The lowest BCUT2D eigenvalue weighted by Gasteiger charge is -2.31. The van der Waals surface area contributed by atoms with Crippen LogP contribution < -0.4 is 16.0 Å². The maximum absolute atomic E-state index is 14.4. The van der Waals surface area contributed by atoms with Crippen molar-refractivity contribution in [1.29, 1.82) is 0 Å². The van der Waals surface area contributed by atoms with E-state index in [-0.39, 0.29) is 31.1 Å². The lowest BCUT2D eigenvalue weighted by molar-refractivity contribution is -0.138. The summed E-state index contributed by atoms with van der Waals surface area (Å²) in [5.41, 5.74) is -1.84. The molecule has 1 atom stereocenters. The molecule has 1 saturated heterocycles. The Morgan fingerprint density at radius 1 is 1.24 bits per heavy atom. The predicted octanol–water partition coefficient (Wildman–Crippen LogP) is 2.97.